The van der Waals surface area contributed by atoms with E-state index >= 15 is 0 Å². The van der Waals surface area contributed by atoms with Gasteiger partial charge in [-0.3, -0.25) is 4.79 Å². The molecule has 0 spiro atoms. The first-order valence-corrected chi connectivity index (χ1v) is 11.8. The number of aromatic nitrogens is 3. The summed E-state index contributed by atoms with van der Waals surface area (Å²) in [4.78, 5) is 30.0. The summed E-state index contributed by atoms with van der Waals surface area (Å²) in [6.45, 7) is 5.60. The van der Waals surface area contributed by atoms with Gasteiger partial charge >= 0.3 is 6.01 Å². The van der Waals surface area contributed by atoms with Crippen molar-refractivity contribution in [2.45, 2.75) is 50.2 Å². The van der Waals surface area contributed by atoms with Gasteiger partial charge in [0, 0.05) is 51.4 Å². The molecular weight excluding hydrogens is 398 g/mol. The molecule has 7 nitrogen and oxygen atoms in total. The molecule has 2 aliphatic heterocycles. The van der Waals surface area contributed by atoms with Crippen LogP contribution in [-0.2, 0) is 0 Å². The van der Waals surface area contributed by atoms with Crippen molar-refractivity contribution in [2.75, 3.05) is 36.8 Å². The first kappa shape index (κ1) is 20.9. The highest BCUT2D eigenvalue weighted by atomic mass is 32.2. The lowest BCUT2D eigenvalue weighted by molar-refractivity contribution is 0.0792. The third kappa shape index (κ3) is 5.22. The highest BCUT2D eigenvalue weighted by Gasteiger charge is 2.23. The quantitative estimate of drug-likeness (QED) is 0.493. The Balaban J connectivity index is 1.28. The molecule has 0 unspecified atom stereocenters. The number of carbonyl (C=O) groups is 1. The number of hydrogen-bond donors (Lipinski definition) is 0. The zero-order chi connectivity index (χ0) is 20.8. The number of hydrogen-bond acceptors (Lipinski definition) is 7. The summed E-state index contributed by atoms with van der Waals surface area (Å²) in [5.74, 6) is 2.06. The van der Waals surface area contributed by atoms with Crippen LogP contribution in [0, 0.1) is 0 Å². The van der Waals surface area contributed by atoms with Crippen LogP contribution in [0.3, 0.4) is 0 Å². The second-order valence-corrected chi connectivity index (χ2v) is 8.85. The monoisotopic (exact) mass is 427 g/mol. The third-order valence-corrected chi connectivity index (χ3v) is 6.62. The minimum Gasteiger partial charge on any atom is -0.460 e. The number of anilines is 1. The number of thioether (sulfide) groups is 1. The number of pyridine rings is 1. The lowest BCUT2D eigenvalue weighted by Gasteiger charge is -2.32. The molecule has 4 rings (SSSR count). The molecule has 2 aliphatic rings. The molecule has 0 atom stereocenters. The summed E-state index contributed by atoms with van der Waals surface area (Å²) < 4.78 is 6.03. The first-order valence-electron chi connectivity index (χ1n) is 10.9. The number of piperidine rings is 1. The summed E-state index contributed by atoms with van der Waals surface area (Å²) in [5, 5.41) is 0.965. The molecule has 1 amide bonds. The summed E-state index contributed by atoms with van der Waals surface area (Å²) in [7, 11) is 0. The second kappa shape index (κ2) is 10.1. The number of likely N-dealkylation sites (tertiary alicyclic amines) is 1. The molecule has 0 N–H and O–H groups in total. The van der Waals surface area contributed by atoms with Gasteiger partial charge in [-0.05, 0) is 43.2 Å². The van der Waals surface area contributed by atoms with Gasteiger partial charge in [0.2, 0.25) is 0 Å². The van der Waals surface area contributed by atoms with Gasteiger partial charge in [-0.2, -0.15) is 4.98 Å². The molecule has 2 saturated heterocycles. The molecule has 0 aromatic carbocycles. The van der Waals surface area contributed by atoms with Gasteiger partial charge in [0.25, 0.3) is 5.91 Å². The van der Waals surface area contributed by atoms with E-state index in [4.69, 9.17) is 4.74 Å². The van der Waals surface area contributed by atoms with Crippen molar-refractivity contribution in [1.82, 2.24) is 19.9 Å². The average molecular weight is 428 g/mol. The van der Waals surface area contributed by atoms with Crippen LogP contribution < -0.4 is 9.64 Å². The fourth-order valence-electron chi connectivity index (χ4n) is 3.82. The molecule has 8 heteroatoms. The van der Waals surface area contributed by atoms with Crippen molar-refractivity contribution in [2.24, 2.45) is 0 Å². The first-order chi connectivity index (χ1) is 14.7. The van der Waals surface area contributed by atoms with Crippen LogP contribution in [0.25, 0.3) is 0 Å². The zero-order valence-corrected chi connectivity index (χ0v) is 18.3. The minimum atomic E-state index is 0.0954. The highest BCUT2D eigenvalue weighted by molar-refractivity contribution is 7.99. The van der Waals surface area contributed by atoms with Crippen molar-refractivity contribution in [3.63, 3.8) is 0 Å². The smallest absolute Gasteiger partial charge is 0.317 e. The number of ether oxygens (including phenoxy) is 1. The van der Waals surface area contributed by atoms with Crippen LogP contribution in [0.15, 0.2) is 35.6 Å². The molecule has 0 radical (unpaired) electrons. The van der Waals surface area contributed by atoms with Gasteiger partial charge in [-0.25, -0.2) is 9.97 Å². The predicted octanol–water partition coefficient (Wildman–Crippen LogP) is 3.66. The molecule has 2 aromatic heterocycles. The largest absolute Gasteiger partial charge is 0.460 e. The Morgan fingerprint density at radius 3 is 2.63 bits per heavy atom. The van der Waals surface area contributed by atoms with E-state index in [1.807, 2.05) is 23.1 Å². The minimum absolute atomic E-state index is 0.0954. The topological polar surface area (TPSA) is 71.5 Å². The van der Waals surface area contributed by atoms with Crippen LogP contribution in [0.1, 0.15) is 49.4 Å². The van der Waals surface area contributed by atoms with Crippen LogP contribution in [-0.4, -0.2) is 63.8 Å². The molecule has 30 heavy (non-hydrogen) atoms. The maximum Gasteiger partial charge on any atom is 0.317 e. The SMILES string of the molecule is CCCSc1ccnc(OC2CCN(c3ccc(C(=O)N4CCCC4)cn3)CC2)n1. The number of nitrogens with zero attached hydrogens (tertiary/aromatic N) is 5. The molecule has 160 valence electrons. The number of carbonyl (C=O) groups excluding carboxylic acids is 1. The lowest BCUT2D eigenvalue weighted by Crippen LogP contribution is -2.39. The molecule has 0 saturated carbocycles. The van der Waals surface area contributed by atoms with Gasteiger partial charge in [0.1, 0.15) is 16.9 Å². The Labute approximate surface area is 182 Å². The van der Waals surface area contributed by atoms with E-state index in [1.54, 1.807) is 24.2 Å². The van der Waals surface area contributed by atoms with Gasteiger partial charge in [-0.15, -0.1) is 11.8 Å². The third-order valence-electron chi connectivity index (χ3n) is 5.49. The second-order valence-electron chi connectivity index (χ2n) is 7.73. The molecule has 2 fully saturated rings. The fourth-order valence-corrected chi connectivity index (χ4v) is 4.54. The van der Waals surface area contributed by atoms with E-state index in [2.05, 4.69) is 26.8 Å². The fraction of sp³-hybridized carbons (Fsp3) is 0.545. The Morgan fingerprint density at radius 1 is 1.13 bits per heavy atom. The van der Waals surface area contributed by atoms with Crippen molar-refractivity contribution in [3.8, 4) is 6.01 Å². The molecule has 0 aliphatic carbocycles. The Kier molecular flexibility index (Phi) is 7.04. The maximum atomic E-state index is 12.5. The van der Waals surface area contributed by atoms with E-state index in [9.17, 15) is 4.79 Å². The standard InChI is InChI=1S/C22H29N5O2S/c1-2-15-30-20-7-10-23-22(25-20)29-18-8-13-26(14-9-18)19-6-5-17(16-24-19)21(28)27-11-3-4-12-27/h5-7,10,16,18H,2-4,8-9,11-15H2,1H3. The zero-order valence-electron chi connectivity index (χ0n) is 17.5. The molecule has 4 heterocycles. The Morgan fingerprint density at radius 2 is 1.93 bits per heavy atom. The van der Waals surface area contributed by atoms with Crippen LogP contribution in [0.4, 0.5) is 5.82 Å². The van der Waals surface area contributed by atoms with Crippen molar-refractivity contribution in [3.05, 3.63) is 36.2 Å². The molecule has 0 bridgehead atoms. The van der Waals surface area contributed by atoms with Crippen LogP contribution >= 0.6 is 11.8 Å². The highest BCUT2D eigenvalue weighted by Crippen LogP contribution is 2.23. The van der Waals surface area contributed by atoms with Gasteiger partial charge in [0.05, 0.1) is 5.56 Å². The Hall–Kier alpha value is -2.35. The maximum absolute atomic E-state index is 12.5. The molecular formula is C22H29N5O2S. The predicted molar refractivity (Wildman–Crippen MR) is 118 cm³/mol. The average Bonchev–Trinajstić information content (AvgIpc) is 3.33. The summed E-state index contributed by atoms with van der Waals surface area (Å²) in [6.07, 6.45) is 8.70. The summed E-state index contributed by atoms with van der Waals surface area (Å²) >= 11 is 1.73. The van der Waals surface area contributed by atoms with Crippen molar-refractivity contribution in [1.29, 1.82) is 0 Å². The Bertz CT molecular complexity index is 834. The van der Waals surface area contributed by atoms with Crippen molar-refractivity contribution >= 4 is 23.5 Å². The van der Waals surface area contributed by atoms with Crippen molar-refractivity contribution < 1.29 is 9.53 Å². The van der Waals surface area contributed by atoms with Gasteiger partial charge in [-0.1, -0.05) is 6.92 Å². The van der Waals surface area contributed by atoms with E-state index < -0.39 is 0 Å². The van der Waals surface area contributed by atoms with E-state index in [0.29, 0.717) is 11.6 Å². The normalized spacial score (nSPS) is 17.4. The number of amides is 1. The van der Waals surface area contributed by atoms with Crippen LogP contribution in [0.2, 0.25) is 0 Å². The number of rotatable bonds is 7. The molecule has 2 aromatic rings. The van der Waals surface area contributed by atoms with Crippen LogP contribution in [0.5, 0.6) is 6.01 Å². The lowest BCUT2D eigenvalue weighted by atomic mass is 10.1. The van der Waals surface area contributed by atoms with E-state index in [-0.39, 0.29) is 12.0 Å². The van der Waals surface area contributed by atoms with E-state index in [0.717, 1.165) is 74.9 Å². The van der Waals surface area contributed by atoms with E-state index in [1.165, 1.54) is 0 Å². The summed E-state index contributed by atoms with van der Waals surface area (Å²) in [5.41, 5.74) is 0.678. The summed E-state index contributed by atoms with van der Waals surface area (Å²) in [6, 6.07) is 6.26. The van der Waals surface area contributed by atoms with Gasteiger partial charge < -0.3 is 14.5 Å². The van der Waals surface area contributed by atoms with Gasteiger partial charge in [0.15, 0.2) is 0 Å².